The number of ether oxygens (including phenoxy) is 2. The summed E-state index contributed by atoms with van der Waals surface area (Å²) in [5.74, 6) is 1.46. The zero-order chi connectivity index (χ0) is 11.5. The first kappa shape index (κ1) is 10.7. The maximum atomic E-state index is 5.25. The van der Waals surface area contributed by atoms with Crippen LogP contribution in [-0.2, 0) is 6.42 Å². The third-order valence-electron chi connectivity index (χ3n) is 2.61. The third kappa shape index (κ3) is 1.81. The van der Waals surface area contributed by atoms with Gasteiger partial charge in [0.05, 0.1) is 19.7 Å². The number of rotatable bonds is 3. The minimum absolute atomic E-state index is 0.718. The third-order valence-corrected chi connectivity index (χ3v) is 2.61. The van der Waals surface area contributed by atoms with Gasteiger partial charge in [0.15, 0.2) is 11.5 Å². The highest BCUT2D eigenvalue weighted by molar-refractivity contribution is 5.82. The quantitative estimate of drug-likeness (QED) is 0.792. The second-order valence-electron chi connectivity index (χ2n) is 3.56. The molecule has 0 atom stereocenters. The zero-order valence-electron chi connectivity index (χ0n) is 9.78. The Kier molecular flexibility index (Phi) is 2.95. The SMILES string of the molecule is CCc1ccc2cc(OC)c(OC)cc2n1. The van der Waals surface area contributed by atoms with E-state index in [1.54, 1.807) is 14.2 Å². The number of nitrogens with zero attached hydrogens (tertiary/aromatic N) is 1. The van der Waals surface area contributed by atoms with Crippen molar-refractivity contribution in [3.05, 3.63) is 30.0 Å². The number of fused-ring (bicyclic) bond motifs is 1. The first-order chi connectivity index (χ1) is 7.78. The molecule has 84 valence electrons. The van der Waals surface area contributed by atoms with Gasteiger partial charge in [0.2, 0.25) is 0 Å². The van der Waals surface area contributed by atoms with E-state index in [-0.39, 0.29) is 0 Å². The van der Waals surface area contributed by atoms with Crippen LogP contribution < -0.4 is 9.47 Å². The van der Waals surface area contributed by atoms with Gasteiger partial charge in [-0.2, -0.15) is 0 Å². The van der Waals surface area contributed by atoms with Crippen LogP contribution in [0.1, 0.15) is 12.6 Å². The summed E-state index contributed by atoms with van der Waals surface area (Å²) < 4.78 is 10.5. The van der Waals surface area contributed by atoms with Gasteiger partial charge in [0, 0.05) is 17.1 Å². The average Bonchev–Trinajstić information content (AvgIpc) is 2.36. The molecule has 1 heterocycles. The maximum absolute atomic E-state index is 5.25. The molecular formula is C13H15NO2. The van der Waals surface area contributed by atoms with Crippen LogP contribution in [0.2, 0.25) is 0 Å². The summed E-state index contributed by atoms with van der Waals surface area (Å²) in [6, 6.07) is 7.95. The van der Waals surface area contributed by atoms with Crippen LogP contribution >= 0.6 is 0 Å². The molecule has 3 nitrogen and oxygen atoms in total. The fourth-order valence-electron chi connectivity index (χ4n) is 1.69. The minimum Gasteiger partial charge on any atom is -0.493 e. The molecule has 0 amide bonds. The lowest BCUT2D eigenvalue weighted by Crippen LogP contribution is -1.93. The molecule has 0 radical (unpaired) electrons. The molecular weight excluding hydrogens is 202 g/mol. The summed E-state index contributed by atoms with van der Waals surface area (Å²) in [6.45, 7) is 2.09. The van der Waals surface area contributed by atoms with Crippen molar-refractivity contribution in [1.82, 2.24) is 4.98 Å². The molecule has 2 aromatic rings. The number of methoxy groups -OCH3 is 2. The Morgan fingerprint density at radius 1 is 1.06 bits per heavy atom. The summed E-state index contributed by atoms with van der Waals surface area (Å²) in [4.78, 5) is 4.54. The summed E-state index contributed by atoms with van der Waals surface area (Å²) in [5, 5.41) is 1.06. The summed E-state index contributed by atoms with van der Waals surface area (Å²) >= 11 is 0. The van der Waals surface area contributed by atoms with E-state index in [4.69, 9.17) is 9.47 Å². The first-order valence-corrected chi connectivity index (χ1v) is 5.30. The Morgan fingerprint density at radius 3 is 2.38 bits per heavy atom. The van der Waals surface area contributed by atoms with Crippen molar-refractivity contribution < 1.29 is 9.47 Å². The fraction of sp³-hybridized carbons (Fsp3) is 0.308. The summed E-state index contributed by atoms with van der Waals surface area (Å²) in [6.07, 6.45) is 0.935. The van der Waals surface area contributed by atoms with Gasteiger partial charge >= 0.3 is 0 Å². The second kappa shape index (κ2) is 4.39. The van der Waals surface area contributed by atoms with E-state index in [2.05, 4.69) is 18.0 Å². The molecule has 0 aliphatic heterocycles. The van der Waals surface area contributed by atoms with Crippen LogP contribution in [0.4, 0.5) is 0 Å². The van der Waals surface area contributed by atoms with Crippen LogP contribution in [0.25, 0.3) is 10.9 Å². The Hall–Kier alpha value is -1.77. The molecule has 2 rings (SSSR count). The van der Waals surface area contributed by atoms with E-state index in [0.717, 1.165) is 34.5 Å². The number of aryl methyl sites for hydroxylation is 1. The van der Waals surface area contributed by atoms with E-state index in [9.17, 15) is 0 Å². The Balaban J connectivity index is 2.63. The zero-order valence-corrected chi connectivity index (χ0v) is 9.78. The summed E-state index contributed by atoms with van der Waals surface area (Å²) in [5.41, 5.74) is 2.02. The van der Waals surface area contributed by atoms with Gasteiger partial charge in [-0.3, -0.25) is 4.98 Å². The van der Waals surface area contributed by atoms with Crippen molar-refractivity contribution in [2.75, 3.05) is 14.2 Å². The Morgan fingerprint density at radius 2 is 1.75 bits per heavy atom. The van der Waals surface area contributed by atoms with E-state index < -0.39 is 0 Å². The number of hydrogen-bond donors (Lipinski definition) is 0. The van der Waals surface area contributed by atoms with Gasteiger partial charge in [-0.1, -0.05) is 13.0 Å². The molecule has 0 N–H and O–H groups in total. The molecule has 1 aromatic heterocycles. The smallest absolute Gasteiger partial charge is 0.162 e. The molecule has 16 heavy (non-hydrogen) atoms. The molecule has 0 spiro atoms. The van der Waals surface area contributed by atoms with E-state index >= 15 is 0 Å². The van der Waals surface area contributed by atoms with Crippen molar-refractivity contribution in [3.63, 3.8) is 0 Å². The van der Waals surface area contributed by atoms with Crippen molar-refractivity contribution in [2.45, 2.75) is 13.3 Å². The lowest BCUT2D eigenvalue weighted by molar-refractivity contribution is 0.356. The van der Waals surface area contributed by atoms with E-state index in [0.29, 0.717) is 0 Å². The Labute approximate surface area is 95.0 Å². The highest BCUT2D eigenvalue weighted by Gasteiger charge is 2.06. The predicted molar refractivity (Wildman–Crippen MR) is 64.2 cm³/mol. The first-order valence-electron chi connectivity index (χ1n) is 5.30. The molecule has 0 aliphatic carbocycles. The lowest BCUT2D eigenvalue weighted by atomic mass is 10.1. The molecule has 0 bridgehead atoms. The molecule has 0 aliphatic rings. The molecule has 0 saturated carbocycles. The number of hydrogen-bond acceptors (Lipinski definition) is 3. The normalized spacial score (nSPS) is 10.4. The van der Waals surface area contributed by atoms with Crippen molar-refractivity contribution in [2.24, 2.45) is 0 Å². The van der Waals surface area contributed by atoms with Crippen LogP contribution in [0.15, 0.2) is 24.3 Å². The number of benzene rings is 1. The maximum Gasteiger partial charge on any atom is 0.162 e. The Bertz CT molecular complexity index is 509. The standard InChI is InChI=1S/C13H15NO2/c1-4-10-6-5-9-7-12(15-2)13(16-3)8-11(9)14-10/h5-8H,4H2,1-3H3. The monoisotopic (exact) mass is 217 g/mol. The van der Waals surface area contributed by atoms with E-state index in [1.165, 1.54) is 0 Å². The molecule has 0 fully saturated rings. The van der Waals surface area contributed by atoms with Crippen LogP contribution in [0, 0.1) is 0 Å². The highest BCUT2D eigenvalue weighted by atomic mass is 16.5. The number of aromatic nitrogens is 1. The van der Waals surface area contributed by atoms with Crippen LogP contribution in [0.3, 0.4) is 0 Å². The lowest BCUT2D eigenvalue weighted by Gasteiger charge is -2.09. The van der Waals surface area contributed by atoms with Crippen LogP contribution in [0.5, 0.6) is 11.5 Å². The topological polar surface area (TPSA) is 31.4 Å². The average molecular weight is 217 g/mol. The second-order valence-corrected chi connectivity index (χ2v) is 3.56. The highest BCUT2D eigenvalue weighted by Crippen LogP contribution is 2.31. The van der Waals surface area contributed by atoms with Gasteiger partial charge < -0.3 is 9.47 Å². The van der Waals surface area contributed by atoms with Gasteiger partial charge in [-0.05, 0) is 18.6 Å². The molecule has 0 saturated heterocycles. The minimum atomic E-state index is 0.718. The van der Waals surface area contributed by atoms with Gasteiger partial charge in [-0.25, -0.2) is 0 Å². The van der Waals surface area contributed by atoms with Crippen LogP contribution in [-0.4, -0.2) is 19.2 Å². The van der Waals surface area contributed by atoms with Crippen molar-refractivity contribution in [1.29, 1.82) is 0 Å². The molecule has 0 unspecified atom stereocenters. The van der Waals surface area contributed by atoms with Gasteiger partial charge in [0.25, 0.3) is 0 Å². The fourth-order valence-corrected chi connectivity index (χ4v) is 1.69. The van der Waals surface area contributed by atoms with E-state index in [1.807, 2.05) is 18.2 Å². The molecule has 1 aromatic carbocycles. The summed E-state index contributed by atoms with van der Waals surface area (Å²) in [7, 11) is 3.27. The number of pyridine rings is 1. The van der Waals surface area contributed by atoms with Gasteiger partial charge in [-0.15, -0.1) is 0 Å². The van der Waals surface area contributed by atoms with Crippen molar-refractivity contribution >= 4 is 10.9 Å². The van der Waals surface area contributed by atoms with Gasteiger partial charge in [0.1, 0.15) is 0 Å². The van der Waals surface area contributed by atoms with Crippen molar-refractivity contribution in [3.8, 4) is 11.5 Å². The predicted octanol–water partition coefficient (Wildman–Crippen LogP) is 2.81. The largest absolute Gasteiger partial charge is 0.493 e. The molecule has 3 heteroatoms.